The SMILES string of the molecule is CCNC(CC)(CC(N)=O)c1ccccc1. The van der Waals surface area contributed by atoms with Crippen molar-refractivity contribution in [2.24, 2.45) is 5.73 Å². The third kappa shape index (κ3) is 2.83. The number of primary amides is 1. The molecule has 1 atom stereocenters. The molecule has 0 aromatic heterocycles. The molecule has 1 amide bonds. The topological polar surface area (TPSA) is 55.1 Å². The third-order valence-electron chi connectivity index (χ3n) is 2.92. The van der Waals surface area contributed by atoms with E-state index in [0.29, 0.717) is 6.42 Å². The lowest BCUT2D eigenvalue weighted by Gasteiger charge is -2.33. The summed E-state index contributed by atoms with van der Waals surface area (Å²) < 4.78 is 0. The molecule has 1 rings (SSSR count). The lowest BCUT2D eigenvalue weighted by Crippen LogP contribution is -2.44. The molecule has 3 nitrogen and oxygen atoms in total. The fourth-order valence-electron chi connectivity index (χ4n) is 2.11. The molecule has 88 valence electrons. The van der Waals surface area contributed by atoms with E-state index < -0.39 is 0 Å². The number of nitrogens with two attached hydrogens (primary N) is 1. The summed E-state index contributed by atoms with van der Waals surface area (Å²) >= 11 is 0. The highest BCUT2D eigenvalue weighted by Gasteiger charge is 2.30. The summed E-state index contributed by atoms with van der Waals surface area (Å²) in [4.78, 5) is 11.2. The summed E-state index contributed by atoms with van der Waals surface area (Å²) in [5, 5.41) is 3.39. The Morgan fingerprint density at radius 1 is 1.31 bits per heavy atom. The van der Waals surface area contributed by atoms with E-state index in [4.69, 9.17) is 5.73 Å². The molecule has 0 radical (unpaired) electrons. The van der Waals surface area contributed by atoms with Crippen molar-refractivity contribution in [3.8, 4) is 0 Å². The second-order valence-electron chi connectivity index (χ2n) is 3.98. The molecule has 3 heteroatoms. The second-order valence-corrected chi connectivity index (χ2v) is 3.98. The highest BCUT2D eigenvalue weighted by atomic mass is 16.1. The molecule has 1 aromatic rings. The highest BCUT2D eigenvalue weighted by molar-refractivity contribution is 5.75. The van der Waals surface area contributed by atoms with Crippen LogP contribution in [-0.4, -0.2) is 12.5 Å². The molecular formula is C13H20N2O. The van der Waals surface area contributed by atoms with Crippen LogP contribution in [-0.2, 0) is 10.3 Å². The lowest BCUT2D eigenvalue weighted by atomic mass is 9.84. The Hall–Kier alpha value is -1.35. The van der Waals surface area contributed by atoms with E-state index in [2.05, 4.69) is 12.2 Å². The van der Waals surface area contributed by atoms with Gasteiger partial charge in [-0.3, -0.25) is 4.79 Å². The highest BCUT2D eigenvalue weighted by Crippen LogP contribution is 2.28. The van der Waals surface area contributed by atoms with Crippen molar-refractivity contribution in [1.29, 1.82) is 0 Å². The predicted octanol–water partition coefficient (Wildman–Crippen LogP) is 1.78. The van der Waals surface area contributed by atoms with Crippen molar-refractivity contribution in [3.63, 3.8) is 0 Å². The monoisotopic (exact) mass is 220 g/mol. The number of benzene rings is 1. The van der Waals surface area contributed by atoms with Crippen molar-refractivity contribution in [2.45, 2.75) is 32.2 Å². The van der Waals surface area contributed by atoms with Crippen LogP contribution in [0.25, 0.3) is 0 Å². The number of hydrogen-bond acceptors (Lipinski definition) is 2. The largest absolute Gasteiger partial charge is 0.370 e. The lowest BCUT2D eigenvalue weighted by molar-refractivity contribution is -0.119. The van der Waals surface area contributed by atoms with Crippen molar-refractivity contribution in [1.82, 2.24) is 5.32 Å². The summed E-state index contributed by atoms with van der Waals surface area (Å²) in [6.07, 6.45) is 1.18. The van der Waals surface area contributed by atoms with Crippen LogP contribution in [0.15, 0.2) is 30.3 Å². The molecule has 0 aliphatic rings. The van der Waals surface area contributed by atoms with Crippen LogP contribution < -0.4 is 11.1 Å². The van der Waals surface area contributed by atoms with Crippen LogP contribution in [0, 0.1) is 0 Å². The van der Waals surface area contributed by atoms with Crippen LogP contribution in [0.3, 0.4) is 0 Å². The Labute approximate surface area is 97.0 Å². The molecule has 16 heavy (non-hydrogen) atoms. The quantitative estimate of drug-likeness (QED) is 0.767. The summed E-state index contributed by atoms with van der Waals surface area (Å²) in [5.74, 6) is -0.272. The normalized spacial score (nSPS) is 14.4. The molecule has 0 aliphatic carbocycles. The number of nitrogens with one attached hydrogen (secondary N) is 1. The van der Waals surface area contributed by atoms with Crippen molar-refractivity contribution >= 4 is 5.91 Å². The first-order chi connectivity index (χ1) is 7.64. The number of hydrogen-bond donors (Lipinski definition) is 2. The Morgan fingerprint density at radius 2 is 1.94 bits per heavy atom. The first-order valence-corrected chi connectivity index (χ1v) is 5.73. The van der Waals surface area contributed by atoms with Gasteiger partial charge in [0.2, 0.25) is 5.91 Å². The third-order valence-corrected chi connectivity index (χ3v) is 2.92. The van der Waals surface area contributed by atoms with Gasteiger partial charge in [0, 0.05) is 6.42 Å². The maximum Gasteiger partial charge on any atom is 0.219 e. The zero-order valence-electron chi connectivity index (χ0n) is 9.99. The second kappa shape index (κ2) is 5.66. The average Bonchev–Trinajstić information content (AvgIpc) is 2.29. The number of carbonyl (C=O) groups excluding carboxylic acids is 1. The summed E-state index contributed by atoms with van der Waals surface area (Å²) in [6, 6.07) is 10.0. The van der Waals surface area contributed by atoms with Gasteiger partial charge >= 0.3 is 0 Å². The predicted molar refractivity (Wildman–Crippen MR) is 65.9 cm³/mol. The van der Waals surface area contributed by atoms with Gasteiger partial charge in [-0.2, -0.15) is 0 Å². The van der Waals surface area contributed by atoms with Crippen molar-refractivity contribution in [3.05, 3.63) is 35.9 Å². The molecule has 0 aliphatic heterocycles. The van der Waals surface area contributed by atoms with Gasteiger partial charge in [-0.15, -0.1) is 0 Å². The fourth-order valence-corrected chi connectivity index (χ4v) is 2.11. The molecule has 0 heterocycles. The maximum absolute atomic E-state index is 11.2. The number of rotatable bonds is 6. The number of carbonyl (C=O) groups is 1. The summed E-state index contributed by atoms with van der Waals surface area (Å²) in [5.41, 5.74) is 6.15. The van der Waals surface area contributed by atoms with E-state index in [-0.39, 0.29) is 11.4 Å². The Kier molecular flexibility index (Phi) is 4.50. The Bertz CT molecular complexity index is 337. The van der Waals surface area contributed by atoms with E-state index >= 15 is 0 Å². The van der Waals surface area contributed by atoms with Crippen LogP contribution >= 0.6 is 0 Å². The summed E-state index contributed by atoms with van der Waals surface area (Å²) in [6.45, 7) is 4.92. The average molecular weight is 220 g/mol. The molecular weight excluding hydrogens is 200 g/mol. The first-order valence-electron chi connectivity index (χ1n) is 5.73. The van der Waals surface area contributed by atoms with Crippen LogP contribution in [0.4, 0.5) is 0 Å². The number of amides is 1. The standard InChI is InChI=1S/C13H20N2O/c1-3-13(15-4-2,10-12(14)16)11-8-6-5-7-9-11/h5-9,15H,3-4,10H2,1-2H3,(H2,14,16). The van der Waals surface area contributed by atoms with Gasteiger partial charge in [0.05, 0.1) is 5.54 Å². The Morgan fingerprint density at radius 3 is 2.38 bits per heavy atom. The minimum atomic E-state index is -0.318. The molecule has 0 saturated heterocycles. The molecule has 0 saturated carbocycles. The molecule has 0 bridgehead atoms. The minimum absolute atomic E-state index is 0.272. The van der Waals surface area contributed by atoms with Gasteiger partial charge in [-0.05, 0) is 18.5 Å². The van der Waals surface area contributed by atoms with Gasteiger partial charge in [-0.25, -0.2) is 0 Å². The van der Waals surface area contributed by atoms with E-state index in [1.807, 2.05) is 37.3 Å². The minimum Gasteiger partial charge on any atom is -0.370 e. The zero-order chi connectivity index (χ0) is 12.0. The van der Waals surface area contributed by atoms with Gasteiger partial charge in [-0.1, -0.05) is 44.2 Å². The van der Waals surface area contributed by atoms with Gasteiger partial charge in [0.1, 0.15) is 0 Å². The Balaban J connectivity index is 3.06. The fraction of sp³-hybridized carbons (Fsp3) is 0.462. The van der Waals surface area contributed by atoms with E-state index in [1.54, 1.807) is 0 Å². The van der Waals surface area contributed by atoms with Gasteiger partial charge in [0.15, 0.2) is 0 Å². The van der Waals surface area contributed by atoms with Crippen LogP contribution in [0.1, 0.15) is 32.3 Å². The summed E-state index contributed by atoms with van der Waals surface area (Å²) in [7, 11) is 0. The van der Waals surface area contributed by atoms with Crippen LogP contribution in [0.2, 0.25) is 0 Å². The molecule has 0 spiro atoms. The van der Waals surface area contributed by atoms with Crippen LogP contribution in [0.5, 0.6) is 0 Å². The van der Waals surface area contributed by atoms with E-state index in [9.17, 15) is 4.79 Å². The van der Waals surface area contributed by atoms with Gasteiger partial charge < -0.3 is 11.1 Å². The molecule has 1 unspecified atom stereocenters. The van der Waals surface area contributed by atoms with E-state index in [0.717, 1.165) is 18.5 Å². The first kappa shape index (κ1) is 12.7. The zero-order valence-corrected chi connectivity index (χ0v) is 9.99. The molecule has 3 N–H and O–H groups in total. The molecule has 1 aromatic carbocycles. The molecule has 0 fully saturated rings. The maximum atomic E-state index is 11.2. The smallest absolute Gasteiger partial charge is 0.219 e. The van der Waals surface area contributed by atoms with Crippen molar-refractivity contribution < 1.29 is 4.79 Å². The van der Waals surface area contributed by atoms with Crippen molar-refractivity contribution in [2.75, 3.05) is 6.54 Å². The van der Waals surface area contributed by atoms with E-state index in [1.165, 1.54) is 0 Å². The van der Waals surface area contributed by atoms with Gasteiger partial charge in [0.25, 0.3) is 0 Å².